The van der Waals surface area contributed by atoms with Gasteiger partial charge in [-0.2, -0.15) is 0 Å². The Hall–Kier alpha value is -1.45. The second-order valence-electron chi connectivity index (χ2n) is 6.68. The maximum absolute atomic E-state index is 11.0. The highest BCUT2D eigenvalue weighted by Crippen LogP contribution is 2.39. The van der Waals surface area contributed by atoms with E-state index < -0.39 is 30.0 Å². The van der Waals surface area contributed by atoms with E-state index in [0.717, 1.165) is 10.5 Å². The molecule has 1 N–H and O–H groups in total. The second kappa shape index (κ2) is 9.37. The molecule has 0 aliphatic carbocycles. The number of methoxy groups -OCH3 is 1. The zero-order valence-corrected chi connectivity index (χ0v) is 16.4. The lowest BCUT2D eigenvalue weighted by Gasteiger charge is -2.47. The minimum atomic E-state index is -0.879. The molecule has 2 aromatic carbocycles. The molecule has 6 nitrogen and oxygen atoms in total. The molecule has 1 unspecified atom stereocenters. The summed E-state index contributed by atoms with van der Waals surface area (Å²) in [6.07, 6.45) is -2.79. The standard InChI is InChI=1S/C21H24O6S/c1-23-13-25-19-17(22)21(28-15-10-6-3-7-11-15)26-16-12-24-20(27-18(16)19)14-8-4-2-5-9-14/h2-11,16-22H,12-13H2,1H3/t16-,17-,18-,19-,20?,21+/m1/s1. The van der Waals surface area contributed by atoms with Crippen molar-refractivity contribution in [2.24, 2.45) is 0 Å². The highest BCUT2D eigenvalue weighted by atomic mass is 32.2. The fourth-order valence-electron chi connectivity index (χ4n) is 3.41. The number of hydrogen-bond acceptors (Lipinski definition) is 7. The largest absolute Gasteiger partial charge is 0.387 e. The first-order chi connectivity index (χ1) is 13.8. The topological polar surface area (TPSA) is 66.4 Å². The molecule has 28 heavy (non-hydrogen) atoms. The third-order valence-electron chi connectivity index (χ3n) is 4.75. The van der Waals surface area contributed by atoms with Crippen LogP contribution in [0.2, 0.25) is 0 Å². The van der Waals surface area contributed by atoms with Gasteiger partial charge < -0.3 is 28.8 Å². The molecule has 0 amide bonds. The van der Waals surface area contributed by atoms with Gasteiger partial charge in [0.2, 0.25) is 0 Å². The Morgan fingerprint density at radius 3 is 2.46 bits per heavy atom. The summed E-state index contributed by atoms with van der Waals surface area (Å²) in [6, 6.07) is 19.5. The minimum Gasteiger partial charge on any atom is -0.387 e. The van der Waals surface area contributed by atoms with Gasteiger partial charge in [-0.05, 0) is 12.1 Å². The van der Waals surface area contributed by atoms with Gasteiger partial charge in [0.15, 0.2) is 6.29 Å². The molecule has 2 aromatic rings. The third-order valence-corrected chi connectivity index (χ3v) is 5.92. The van der Waals surface area contributed by atoms with Crippen molar-refractivity contribution in [3.8, 4) is 0 Å². The smallest absolute Gasteiger partial charge is 0.184 e. The van der Waals surface area contributed by atoms with E-state index >= 15 is 0 Å². The molecule has 2 aliphatic rings. The van der Waals surface area contributed by atoms with Gasteiger partial charge in [-0.25, -0.2) is 0 Å². The summed E-state index contributed by atoms with van der Waals surface area (Å²) in [5, 5.41) is 11.0. The van der Waals surface area contributed by atoms with Gasteiger partial charge in [0.1, 0.15) is 36.6 Å². The average Bonchev–Trinajstić information content (AvgIpc) is 2.75. The van der Waals surface area contributed by atoms with Crippen molar-refractivity contribution in [2.75, 3.05) is 20.5 Å². The molecule has 0 saturated carbocycles. The minimum absolute atomic E-state index is 0.0634. The van der Waals surface area contributed by atoms with Crippen LogP contribution in [0.3, 0.4) is 0 Å². The first kappa shape index (κ1) is 19.8. The van der Waals surface area contributed by atoms with Crippen molar-refractivity contribution in [2.45, 2.75) is 41.0 Å². The van der Waals surface area contributed by atoms with Crippen molar-refractivity contribution < 1.29 is 28.8 Å². The highest BCUT2D eigenvalue weighted by Gasteiger charge is 2.50. The van der Waals surface area contributed by atoms with Crippen molar-refractivity contribution in [3.05, 3.63) is 66.2 Å². The lowest BCUT2D eigenvalue weighted by molar-refractivity contribution is -0.329. The predicted octanol–water partition coefficient (Wildman–Crippen LogP) is 2.97. The summed E-state index contributed by atoms with van der Waals surface area (Å²) in [5.74, 6) is 0. The van der Waals surface area contributed by atoms with E-state index in [1.54, 1.807) is 7.11 Å². The van der Waals surface area contributed by atoms with Crippen LogP contribution >= 0.6 is 11.8 Å². The summed E-state index contributed by atoms with van der Waals surface area (Å²) >= 11 is 1.46. The Balaban J connectivity index is 1.51. The molecule has 2 aliphatic heterocycles. The van der Waals surface area contributed by atoms with E-state index in [0.29, 0.717) is 6.61 Å². The monoisotopic (exact) mass is 404 g/mol. The van der Waals surface area contributed by atoms with E-state index in [2.05, 4.69) is 0 Å². The number of benzene rings is 2. The molecule has 6 atom stereocenters. The molecule has 0 spiro atoms. The predicted molar refractivity (Wildman–Crippen MR) is 104 cm³/mol. The first-order valence-corrected chi connectivity index (χ1v) is 10.1. The van der Waals surface area contributed by atoms with Crippen LogP contribution in [0.1, 0.15) is 11.9 Å². The van der Waals surface area contributed by atoms with Crippen molar-refractivity contribution >= 4 is 11.8 Å². The summed E-state index contributed by atoms with van der Waals surface area (Å²) < 4.78 is 29.1. The van der Waals surface area contributed by atoms with Crippen LogP contribution in [-0.2, 0) is 23.7 Å². The van der Waals surface area contributed by atoms with E-state index in [1.165, 1.54) is 11.8 Å². The average molecular weight is 404 g/mol. The van der Waals surface area contributed by atoms with Crippen LogP contribution in [0, 0.1) is 0 Å². The van der Waals surface area contributed by atoms with Gasteiger partial charge in [-0.15, -0.1) is 0 Å². The fraction of sp³-hybridized carbons (Fsp3) is 0.429. The van der Waals surface area contributed by atoms with Crippen LogP contribution in [0.15, 0.2) is 65.6 Å². The summed E-state index contributed by atoms with van der Waals surface area (Å²) in [7, 11) is 1.55. The van der Waals surface area contributed by atoms with Crippen LogP contribution in [0.25, 0.3) is 0 Å². The molecule has 0 bridgehead atoms. The Labute approximate surface area is 168 Å². The normalized spacial score (nSPS) is 32.6. The Morgan fingerprint density at radius 2 is 1.75 bits per heavy atom. The summed E-state index contributed by atoms with van der Waals surface area (Å²) in [4.78, 5) is 1.01. The molecule has 2 saturated heterocycles. The van der Waals surface area contributed by atoms with E-state index in [-0.39, 0.29) is 12.9 Å². The zero-order valence-electron chi connectivity index (χ0n) is 15.5. The fourth-order valence-corrected chi connectivity index (χ4v) is 4.49. The third kappa shape index (κ3) is 4.41. The van der Waals surface area contributed by atoms with Gasteiger partial charge in [-0.1, -0.05) is 60.3 Å². The van der Waals surface area contributed by atoms with Crippen LogP contribution in [-0.4, -0.2) is 55.5 Å². The number of aliphatic hydroxyl groups is 1. The lowest BCUT2D eigenvalue weighted by Crippen LogP contribution is -2.61. The van der Waals surface area contributed by atoms with Gasteiger partial charge in [0, 0.05) is 17.6 Å². The second-order valence-corrected chi connectivity index (χ2v) is 7.85. The van der Waals surface area contributed by atoms with Crippen molar-refractivity contribution in [3.63, 3.8) is 0 Å². The molecular weight excluding hydrogens is 380 g/mol. The van der Waals surface area contributed by atoms with Gasteiger partial charge >= 0.3 is 0 Å². The summed E-state index contributed by atoms with van der Waals surface area (Å²) in [6.45, 7) is 0.420. The van der Waals surface area contributed by atoms with Crippen molar-refractivity contribution in [1.29, 1.82) is 0 Å². The number of hydrogen-bond donors (Lipinski definition) is 1. The quantitative estimate of drug-likeness (QED) is 0.743. The van der Waals surface area contributed by atoms with Crippen LogP contribution in [0.4, 0.5) is 0 Å². The first-order valence-electron chi connectivity index (χ1n) is 9.24. The molecule has 150 valence electrons. The SMILES string of the molecule is COCO[C@@H]1[C@@H](O)[C@H](Sc2ccccc2)O[C@@H]2COC(c3ccccc3)O[C@@H]12. The van der Waals surface area contributed by atoms with Gasteiger partial charge in [-0.3, -0.25) is 0 Å². The number of thioether (sulfide) groups is 1. The zero-order chi connectivity index (χ0) is 19.3. The number of rotatable bonds is 6. The Kier molecular flexibility index (Phi) is 6.64. The number of fused-ring (bicyclic) bond motifs is 1. The van der Waals surface area contributed by atoms with E-state index in [4.69, 9.17) is 23.7 Å². The highest BCUT2D eigenvalue weighted by molar-refractivity contribution is 7.99. The Morgan fingerprint density at radius 1 is 1.04 bits per heavy atom. The van der Waals surface area contributed by atoms with E-state index in [1.807, 2.05) is 60.7 Å². The van der Waals surface area contributed by atoms with E-state index in [9.17, 15) is 5.11 Å². The van der Waals surface area contributed by atoms with Crippen LogP contribution in [0.5, 0.6) is 0 Å². The maximum Gasteiger partial charge on any atom is 0.184 e. The molecule has 7 heteroatoms. The summed E-state index contributed by atoms with van der Waals surface area (Å²) in [5.41, 5.74) is 0.424. The molecule has 2 fully saturated rings. The number of ether oxygens (including phenoxy) is 5. The maximum atomic E-state index is 11.0. The van der Waals surface area contributed by atoms with Gasteiger partial charge in [0.25, 0.3) is 0 Å². The van der Waals surface area contributed by atoms with Crippen molar-refractivity contribution in [1.82, 2.24) is 0 Å². The molecule has 2 heterocycles. The molecular formula is C21H24O6S. The molecule has 0 radical (unpaired) electrons. The molecule has 4 rings (SSSR count). The van der Waals surface area contributed by atoms with Crippen LogP contribution < -0.4 is 0 Å². The number of aliphatic hydroxyl groups excluding tert-OH is 1. The lowest BCUT2D eigenvalue weighted by atomic mass is 9.98. The Bertz CT molecular complexity index is 730. The van der Waals surface area contributed by atoms with Gasteiger partial charge in [0.05, 0.1) is 6.61 Å². The molecule has 0 aromatic heterocycles.